The number of esters is 1. The van der Waals surface area contributed by atoms with E-state index < -0.39 is 0 Å². The highest BCUT2D eigenvalue weighted by Gasteiger charge is 2.33. The average molecular weight is 310 g/mol. The number of hydrogen-bond donors (Lipinski definition) is 2. The van der Waals surface area contributed by atoms with Crippen LogP contribution in [0.1, 0.15) is 67.6 Å². The lowest BCUT2D eigenvalue weighted by atomic mass is 10.1. The number of carbonyl (C=O) groups excluding carboxylic acids is 1. The molecular weight excluding hydrogens is 284 g/mol. The molecule has 0 amide bonds. The van der Waals surface area contributed by atoms with Crippen LogP contribution in [0.4, 0.5) is 10.7 Å². The van der Waals surface area contributed by atoms with Crippen molar-refractivity contribution in [2.24, 2.45) is 5.92 Å². The van der Waals surface area contributed by atoms with Crippen molar-refractivity contribution in [3.05, 3.63) is 10.4 Å². The second kappa shape index (κ2) is 7.16. The number of nitrogens with one attached hydrogen (secondary N) is 1. The van der Waals surface area contributed by atoms with E-state index in [0.29, 0.717) is 23.1 Å². The van der Waals surface area contributed by atoms with Crippen LogP contribution < -0.4 is 11.1 Å². The van der Waals surface area contributed by atoms with Gasteiger partial charge < -0.3 is 15.8 Å². The van der Waals surface area contributed by atoms with Crippen molar-refractivity contribution in [2.75, 3.05) is 24.2 Å². The number of nitrogen functional groups attached to an aromatic ring is 1. The fourth-order valence-electron chi connectivity index (χ4n) is 2.43. The van der Waals surface area contributed by atoms with Gasteiger partial charge in [0.2, 0.25) is 0 Å². The normalized spacial score (nSPS) is 14.5. The molecule has 0 unspecified atom stereocenters. The van der Waals surface area contributed by atoms with Crippen LogP contribution in [-0.4, -0.2) is 19.1 Å². The van der Waals surface area contributed by atoms with Gasteiger partial charge in [-0.15, -0.1) is 11.3 Å². The zero-order chi connectivity index (χ0) is 15.4. The van der Waals surface area contributed by atoms with Crippen LogP contribution in [-0.2, 0) is 4.74 Å². The maximum absolute atomic E-state index is 12.0. The standard InChI is InChI=1S/C16H26N2O2S/c1-4-20-16(19)14-13(17)12(11-7-8-11)15(21-14)18-9-5-6-10(2)3/h10-11,18H,4-9,17H2,1-3H3. The van der Waals surface area contributed by atoms with Crippen LogP contribution in [0.15, 0.2) is 0 Å². The lowest BCUT2D eigenvalue weighted by molar-refractivity contribution is 0.0533. The van der Waals surface area contributed by atoms with Gasteiger partial charge in [0.1, 0.15) is 4.88 Å². The fraction of sp³-hybridized carbons (Fsp3) is 0.688. The summed E-state index contributed by atoms with van der Waals surface area (Å²) in [5.74, 6) is 0.951. The van der Waals surface area contributed by atoms with Crippen LogP contribution in [0.2, 0.25) is 0 Å². The summed E-state index contributed by atoms with van der Waals surface area (Å²) in [4.78, 5) is 12.5. The summed E-state index contributed by atoms with van der Waals surface area (Å²) < 4.78 is 5.10. The Hall–Kier alpha value is -1.23. The number of anilines is 2. The summed E-state index contributed by atoms with van der Waals surface area (Å²) in [7, 11) is 0. The van der Waals surface area contributed by atoms with Gasteiger partial charge in [-0.1, -0.05) is 13.8 Å². The van der Waals surface area contributed by atoms with Gasteiger partial charge in [-0.3, -0.25) is 0 Å². The Bertz CT molecular complexity index is 493. The van der Waals surface area contributed by atoms with Gasteiger partial charge in [0.05, 0.1) is 17.3 Å². The van der Waals surface area contributed by atoms with Gasteiger partial charge in [0.25, 0.3) is 0 Å². The monoisotopic (exact) mass is 310 g/mol. The lowest BCUT2D eigenvalue weighted by Gasteiger charge is -2.08. The van der Waals surface area contributed by atoms with E-state index in [9.17, 15) is 4.79 Å². The summed E-state index contributed by atoms with van der Waals surface area (Å²) in [5, 5.41) is 4.55. The second-order valence-corrected chi connectivity index (χ2v) is 7.07. The number of hydrogen-bond acceptors (Lipinski definition) is 5. The number of nitrogens with two attached hydrogens (primary N) is 1. The van der Waals surface area contributed by atoms with Crippen LogP contribution in [0.25, 0.3) is 0 Å². The summed E-state index contributed by atoms with van der Waals surface area (Å²) in [6, 6.07) is 0. The van der Waals surface area contributed by atoms with Crippen molar-refractivity contribution >= 4 is 28.0 Å². The topological polar surface area (TPSA) is 64.3 Å². The molecule has 0 saturated heterocycles. The number of carbonyl (C=O) groups is 1. The van der Waals surface area contributed by atoms with Crippen molar-refractivity contribution in [1.82, 2.24) is 0 Å². The molecule has 1 fully saturated rings. The molecule has 118 valence electrons. The molecule has 3 N–H and O–H groups in total. The molecule has 0 bridgehead atoms. The van der Waals surface area contributed by atoms with E-state index in [-0.39, 0.29) is 5.97 Å². The SMILES string of the molecule is CCOC(=O)c1sc(NCCCC(C)C)c(C2CC2)c1N. The summed E-state index contributed by atoms with van der Waals surface area (Å²) in [5.41, 5.74) is 7.98. The zero-order valence-electron chi connectivity index (χ0n) is 13.2. The molecule has 1 heterocycles. The number of rotatable bonds is 8. The third kappa shape index (κ3) is 4.13. The third-order valence-corrected chi connectivity index (χ3v) is 4.83. The first kappa shape index (κ1) is 16.1. The average Bonchev–Trinajstić information content (AvgIpc) is 3.19. The highest BCUT2D eigenvalue weighted by atomic mass is 32.1. The molecule has 0 aromatic carbocycles. The van der Waals surface area contributed by atoms with E-state index in [1.54, 1.807) is 0 Å². The predicted molar refractivity (Wildman–Crippen MR) is 89.2 cm³/mol. The van der Waals surface area contributed by atoms with E-state index in [2.05, 4.69) is 19.2 Å². The van der Waals surface area contributed by atoms with Crippen LogP contribution >= 0.6 is 11.3 Å². The van der Waals surface area contributed by atoms with Crippen LogP contribution in [0.3, 0.4) is 0 Å². The molecule has 1 saturated carbocycles. The zero-order valence-corrected chi connectivity index (χ0v) is 14.0. The molecule has 0 aliphatic heterocycles. The third-order valence-electron chi connectivity index (χ3n) is 3.67. The molecule has 21 heavy (non-hydrogen) atoms. The molecule has 1 aliphatic rings. The minimum absolute atomic E-state index is 0.294. The first-order valence-corrected chi connectivity index (χ1v) is 8.69. The van der Waals surface area contributed by atoms with Gasteiger partial charge in [0, 0.05) is 12.1 Å². The van der Waals surface area contributed by atoms with Crippen molar-refractivity contribution < 1.29 is 9.53 Å². The van der Waals surface area contributed by atoms with E-state index in [1.165, 1.54) is 30.6 Å². The Morgan fingerprint density at radius 3 is 2.76 bits per heavy atom. The largest absolute Gasteiger partial charge is 0.462 e. The first-order chi connectivity index (χ1) is 10.0. The van der Waals surface area contributed by atoms with Crippen molar-refractivity contribution in [3.8, 4) is 0 Å². The Labute approximate surface area is 131 Å². The summed E-state index contributed by atoms with van der Waals surface area (Å²) >= 11 is 1.45. The molecule has 1 aromatic heterocycles. The minimum Gasteiger partial charge on any atom is -0.462 e. The molecule has 5 heteroatoms. The molecular formula is C16H26N2O2S. The quantitative estimate of drug-likeness (QED) is 0.557. The van der Waals surface area contributed by atoms with Crippen molar-refractivity contribution in [2.45, 2.75) is 52.4 Å². The number of thiophene rings is 1. The van der Waals surface area contributed by atoms with Gasteiger partial charge in [-0.05, 0) is 44.4 Å². The van der Waals surface area contributed by atoms with Crippen molar-refractivity contribution in [1.29, 1.82) is 0 Å². The predicted octanol–water partition coefficient (Wildman–Crippen LogP) is 4.23. The molecule has 1 aliphatic carbocycles. The van der Waals surface area contributed by atoms with E-state index in [4.69, 9.17) is 10.5 Å². The Kier molecular flexibility index (Phi) is 5.51. The van der Waals surface area contributed by atoms with E-state index >= 15 is 0 Å². The van der Waals surface area contributed by atoms with Gasteiger partial charge >= 0.3 is 5.97 Å². The minimum atomic E-state index is -0.294. The molecule has 1 aromatic rings. The van der Waals surface area contributed by atoms with Gasteiger partial charge in [0.15, 0.2) is 0 Å². The number of ether oxygens (including phenoxy) is 1. The first-order valence-electron chi connectivity index (χ1n) is 7.87. The molecule has 0 atom stereocenters. The Morgan fingerprint density at radius 2 is 2.19 bits per heavy atom. The van der Waals surface area contributed by atoms with Gasteiger partial charge in [-0.25, -0.2) is 4.79 Å². The maximum Gasteiger partial charge on any atom is 0.350 e. The van der Waals surface area contributed by atoms with Crippen molar-refractivity contribution in [3.63, 3.8) is 0 Å². The fourth-order valence-corrected chi connectivity index (χ4v) is 3.55. The Morgan fingerprint density at radius 1 is 1.48 bits per heavy atom. The van der Waals surface area contributed by atoms with Crippen LogP contribution in [0.5, 0.6) is 0 Å². The molecule has 4 nitrogen and oxygen atoms in total. The highest BCUT2D eigenvalue weighted by Crippen LogP contribution is 2.50. The summed E-state index contributed by atoms with van der Waals surface area (Å²) in [6.45, 7) is 7.59. The maximum atomic E-state index is 12.0. The Balaban J connectivity index is 2.08. The smallest absolute Gasteiger partial charge is 0.350 e. The molecule has 2 rings (SSSR count). The lowest BCUT2D eigenvalue weighted by Crippen LogP contribution is -2.05. The second-order valence-electron chi connectivity index (χ2n) is 6.05. The molecule has 0 radical (unpaired) electrons. The summed E-state index contributed by atoms with van der Waals surface area (Å²) in [6.07, 6.45) is 4.68. The van der Waals surface area contributed by atoms with Crippen LogP contribution in [0, 0.1) is 5.92 Å². The van der Waals surface area contributed by atoms with E-state index in [0.717, 1.165) is 29.4 Å². The van der Waals surface area contributed by atoms with Gasteiger partial charge in [-0.2, -0.15) is 0 Å². The molecule has 0 spiro atoms. The highest BCUT2D eigenvalue weighted by molar-refractivity contribution is 7.18. The van der Waals surface area contributed by atoms with E-state index in [1.807, 2.05) is 6.92 Å².